The third-order valence-corrected chi connectivity index (χ3v) is 2.68. The van der Waals surface area contributed by atoms with Gasteiger partial charge in [-0.05, 0) is 25.0 Å². The van der Waals surface area contributed by atoms with Gasteiger partial charge in [-0.25, -0.2) is 4.79 Å². The smallest absolute Gasteiger partial charge is 0.356 e. The first-order valence-corrected chi connectivity index (χ1v) is 4.84. The molecular weight excluding hydrogens is 180 g/mol. The Hall–Kier alpha value is -1.45. The van der Waals surface area contributed by atoms with E-state index in [0.29, 0.717) is 5.92 Å². The number of carboxylic acids is 1. The van der Waals surface area contributed by atoms with Crippen molar-refractivity contribution in [1.82, 2.24) is 10.2 Å². The van der Waals surface area contributed by atoms with Crippen LogP contribution in [0.1, 0.15) is 47.8 Å². The van der Waals surface area contributed by atoms with Gasteiger partial charge in [0.25, 0.3) is 0 Å². The number of aromatic nitrogens is 2. The van der Waals surface area contributed by atoms with Crippen LogP contribution < -0.4 is 0 Å². The number of aromatic carboxylic acids is 1. The van der Waals surface area contributed by atoms with Crippen molar-refractivity contribution in [2.45, 2.75) is 31.6 Å². The van der Waals surface area contributed by atoms with Gasteiger partial charge < -0.3 is 5.11 Å². The summed E-state index contributed by atoms with van der Waals surface area (Å²) in [5.74, 6) is -0.527. The number of carbonyl (C=O) groups is 1. The lowest BCUT2D eigenvalue weighted by Gasteiger charge is -2.06. The van der Waals surface area contributed by atoms with Crippen molar-refractivity contribution in [3.05, 3.63) is 23.5 Å². The lowest BCUT2D eigenvalue weighted by molar-refractivity contribution is 0.0689. The lowest BCUT2D eigenvalue weighted by atomic mass is 10.0. The Morgan fingerprint density at radius 2 is 2.00 bits per heavy atom. The molecule has 0 radical (unpaired) electrons. The molecule has 0 amide bonds. The Bertz CT molecular complexity index is 328. The highest BCUT2D eigenvalue weighted by molar-refractivity contribution is 5.84. The largest absolute Gasteiger partial charge is 0.476 e. The molecule has 4 nitrogen and oxygen atoms in total. The fourth-order valence-corrected chi connectivity index (χ4v) is 1.90. The van der Waals surface area contributed by atoms with Crippen molar-refractivity contribution in [2.75, 3.05) is 0 Å². The summed E-state index contributed by atoms with van der Waals surface area (Å²) in [7, 11) is 0. The molecular formula is C10H12N2O2. The maximum atomic E-state index is 10.5. The summed E-state index contributed by atoms with van der Waals surface area (Å²) >= 11 is 0. The summed E-state index contributed by atoms with van der Waals surface area (Å²) in [6.45, 7) is 0. The van der Waals surface area contributed by atoms with E-state index in [1.807, 2.05) is 0 Å². The first-order chi connectivity index (χ1) is 6.77. The van der Waals surface area contributed by atoms with Crippen LogP contribution in [0.3, 0.4) is 0 Å². The average Bonchev–Trinajstić information content (AvgIpc) is 2.71. The van der Waals surface area contributed by atoms with Gasteiger partial charge in [0, 0.05) is 5.92 Å². The van der Waals surface area contributed by atoms with Gasteiger partial charge >= 0.3 is 5.97 Å². The molecule has 0 saturated heterocycles. The summed E-state index contributed by atoms with van der Waals surface area (Å²) < 4.78 is 0. The molecule has 1 saturated carbocycles. The van der Waals surface area contributed by atoms with Crippen LogP contribution in [0.15, 0.2) is 12.1 Å². The van der Waals surface area contributed by atoms with Gasteiger partial charge in [0.1, 0.15) is 0 Å². The van der Waals surface area contributed by atoms with Crippen molar-refractivity contribution in [2.24, 2.45) is 0 Å². The number of hydrogen-bond donors (Lipinski definition) is 1. The quantitative estimate of drug-likeness (QED) is 0.776. The van der Waals surface area contributed by atoms with E-state index in [0.717, 1.165) is 18.5 Å². The normalized spacial score (nSPS) is 17.1. The molecule has 2 rings (SSSR count). The lowest BCUT2D eigenvalue weighted by Crippen LogP contribution is -2.05. The van der Waals surface area contributed by atoms with Gasteiger partial charge in [-0.2, -0.15) is 5.10 Å². The maximum absolute atomic E-state index is 10.5. The van der Waals surface area contributed by atoms with Gasteiger partial charge in [-0.15, -0.1) is 5.10 Å². The molecule has 1 aliphatic rings. The van der Waals surface area contributed by atoms with E-state index in [4.69, 9.17) is 5.11 Å². The molecule has 14 heavy (non-hydrogen) atoms. The fraction of sp³-hybridized carbons (Fsp3) is 0.500. The van der Waals surface area contributed by atoms with Gasteiger partial charge in [0.05, 0.1) is 5.69 Å². The minimum atomic E-state index is -1.02. The van der Waals surface area contributed by atoms with E-state index in [2.05, 4.69) is 10.2 Å². The van der Waals surface area contributed by atoms with Crippen LogP contribution in [0.5, 0.6) is 0 Å². The minimum absolute atomic E-state index is 0.0201. The second-order valence-electron chi connectivity index (χ2n) is 3.63. The van der Waals surface area contributed by atoms with Crippen LogP contribution >= 0.6 is 0 Å². The zero-order valence-corrected chi connectivity index (χ0v) is 7.81. The molecule has 1 fully saturated rings. The third-order valence-electron chi connectivity index (χ3n) is 2.68. The van der Waals surface area contributed by atoms with E-state index < -0.39 is 5.97 Å². The van der Waals surface area contributed by atoms with Crippen molar-refractivity contribution >= 4 is 5.97 Å². The zero-order chi connectivity index (χ0) is 9.97. The van der Waals surface area contributed by atoms with Crippen LogP contribution in [-0.2, 0) is 0 Å². The standard InChI is InChI=1S/C10H12N2O2/c13-10(14)9-6-5-8(11-12-9)7-3-1-2-4-7/h5-7H,1-4H2,(H,13,14). The Balaban J connectivity index is 2.16. The fourth-order valence-electron chi connectivity index (χ4n) is 1.90. The predicted octanol–water partition coefficient (Wildman–Crippen LogP) is 1.83. The molecule has 1 aromatic heterocycles. The van der Waals surface area contributed by atoms with Gasteiger partial charge in [0.2, 0.25) is 0 Å². The summed E-state index contributed by atoms with van der Waals surface area (Å²) in [4.78, 5) is 10.5. The van der Waals surface area contributed by atoms with Crippen LogP contribution in [0.4, 0.5) is 0 Å². The van der Waals surface area contributed by atoms with Crippen LogP contribution in [-0.4, -0.2) is 21.3 Å². The minimum Gasteiger partial charge on any atom is -0.476 e. The molecule has 1 aliphatic carbocycles. The van der Waals surface area contributed by atoms with Crippen LogP contribution in [0.25, 0.3) is 0 Å². The highest BCUT2D eigenvalue weighted by atomic mass is 16.4. The maximum Gasteiger partial charge on any atom is 0.356 e. The van der Waals surface area contributed by atoms with E-state index in [9.17, 15) is 4.79 Å². The molecule has 0 atom stereocenters. The van der Waals surface area contributed by atoms with E-state index in [1.165, 1.54) is 18.9 Å². The number of rotatable bonds is 2. The molecule has 0 bridgehead atoms. The van der Waals surface area contributed by atoms with E-state index >= 15 is 0 Å². The summed E-state index contributed by atoms with van der Waals surface area (Å²) in [5, 5.41) is 16.3. The third kappa shape index (κ3) is 1.73. The van der Waals surface area contributed by atoms with E-state index in [1.54, 1.807) is 6.07 Å². The number of carboxylic acid groups (broad SMARTS) is 1. The van der Waals surface area contributed by atoms with Crippen LogP contribution in [0, 0.1) is 0 Å². The molecule has 0 unspecified atom stereocenters. The summed E-state index contributed by atoms with van der Waals surface area (Å²) in [5.41, 5.74) is 0.958. The molecule has 1 N–H and O–H groups in total. The molecule has 0 aliphatic heterocycles. The first kappa shape index (κ1) is 9.12. The van der Waals surface area contributed by atoms with Gasteiger partial charge in [-0.3, -0.25) is 0 Å². The molecule has 74 valence electrons. The Labute approximate surface area is 82.0 Å². The average molecular weight is 192 g/mol. The topological polar surface area (TPSA) is 63.1 Å². The molecule has 0 aromatic carbocycles. The first-order valence-electron chi connectivity index (χ1n) is 4.84. The molecule has 1 heterocycles. The van der Waals surface area contributed by atoms with E-state index in [-0.39, 0.29) is 5.69 Å². The predicted molar refractivity (Wildman–Crippen MR) is 50.2 cm³/mol. The zero-order valence-electron chi connectivity index (χ0n) is 7.81. The summed E-state index contributed by atoms with van der Waals surface area (Å²) in [6.07, 6.45) is 4.79. The van der Waals surface area contributed by atoms with Crippen molar-refractivity contribution < 1.29 is 9.90 Å². The number of nitrogens with zero attached hydrogens (tertiary/aromatic N) is 2. The SMILES string of the molecule is O=C(O)c1ccc(C2CCCC2)nn1. The van der Waals surface area contributed by atoms with Crippen LogP contribution in [0.2, 0.25) is 0 Å². The Morgan fingerprint density at radius 3 is 2.50 bits per heavy atom. The highest BCUT2D eigenvalue weighted by Crippen LogP contribution is 2.32. The van der Waals surface area contributed by atoms with Gasteiger partial charge in [0.15, 0.2) is 5.69 Å². The second-order valence-corrected chi connectivity index (χ2v) is 3.63. The second kappa shape index (κ2) is 3.74. The Kier molecular flexibility index (Phi) is 2.43. The molecule has 0 spiro atoms. The molecule has 4 heteroatoms. The monoisotopic (exact) mass is 192 g/mol. The highest BCUT2D eigenvalue weighted by Gasteiger charge is 2.19. The van der Waals surface area contributed by atoms with Crippen molar-refractivity contribution in [3.63, 3.8) is 0 Å². The number of hydrogen-bond acceptors (Lipinski definition) is 3. The molecule has 1 aromatic rings. The van der Waals surface area contributed by atoms with Crippen molar-refractivity contribution in [3.8, 4) is 0 Å². The van der Waals surface area contributed by atoms with Gasteiger partial charge in [-0.1, -0.05) is 12.8 Å². The summed E-state index contributed by atoms with van der Waals surface area (Å²) in [6, 6.07) is 3.31. The van der Waals surface area contributed by atoms with Crippen molar-refractivity contribution in [1.29, 1.82) is 0 Å². The Morgan fingerprint density at radius 1 is 1.29 bits per heavy atom.